The Morgan fingerprint density at radius 3 is 2.46 bits per heavy atom. The molecule has 1 rings (SSSR count). The number of aliphatic imine (C=N–C) groups is 1. The van der Waals surface area contributed by atoms with Gasteiger partial charge in [0.2, 0.25) is 0 Å². The van der Waals surface area contributed by atoms with Gasteiger partial charge in [-0.15, -0.1) is 0 Å². The molecule has 0 heterocycles. The van der Waals surface area contributed by atoms with Crippen LogP contribution in [-0.2, 0) is 9.47 Å². The van der Waals surface area contributed by atoms with Crippen LogP contribution in [0.15, 0.2) is 4.99 Å². The number of hydrogen-bond donors (Lipinski definition) is 2. The summed E-state index contributed by atoms with van der Waals surface area (Å²) in [5, 5.41) is 6.79. The number of unbranched alkanes of at least 4 members (excludes halogenated alkanes) is 1. The van der Waals surface area contributed by atoms with Gasteiger partial charge in [0.15, 0.2) is 5.96 Å². The molecule has 0 atom stereocenters. The quantitative estimate of drug-likeness (QED) is 0.306. The van der Waals surface area contributed by atoms with E-state index < -0.39 is 0 Å². The van der Waals surface area contributed by atoms with Crippen LogP contribution in [0.2, 0.25) is 0 Å². The van der Waals surface area contributed by atoms with Gasteiger partial charge in [-0.3, -0.25) is 4.99 Å². The first-order valence-corrected chi connectivity index (χ1v) is 9.85. The molecule has 0 aliphatic heterocycles. The van der Waals surface area contributed by atoms with Crippen molar-refractivity contribution in [3.8, 4) is 0 Å². The Hall–Kier alpha value is -0.810. The van der Waals surface area contributed by atoms with E-state index in [-0.39, 0.29) is 0 Å². The summed E-state index contributed by atoms with van der Waals surface area (Å²) in [6.45, 7) is 9.55. The molecule has 1 aliphatic carbocycles. The third-order valence-electron chi connectivity index (χ3n) is 4.82. The molecule has 0 spiro atoms. The van der Waals surface area contributed by atoms with E-state index >= 15 is 0 Å². The van der Waals surface area contributed by atoms with E-state index in [1.807, 2.05) is 0 Å². The topological polar surface area (TPSA) is 54.9 Å². The van der Waals surface area contributed by atoms with Crippen molar-refractivity contribution >= 4 is 5.96 Å². The van der Waals surface area contributed by atoms with E-state index in [4.69, 9.17) is 14.5 Å². The predicted molar refractivity (Wildman–Crippen MR) is 102 cm³/mol. The van der Waals surface area contributed by atoms with E-state index in [0.29, 0.717) is 5.41 Å². The normalized spacial score (nSPS) is 17.2. The molecule has 1 aliphatic rings. The summed E-state index contributed by atoms with van der Waals surface area (Å²) in [5.41, 5.74) is 0.349. The molecule has 0 aromatic heterocycles. The fraction of sp³-hybridized carbons (Fsp3) is 0.947. The number of nitrogens with one attached hydrogen (secondary N) is 2. The van der Waals surface area contributed by atoms with Crippen molar-refractivity contribution in [1.82, 2.24) is 10.6 Å². The Bertz CT molecular complexity index is 329. The second-order valence-electron chi connectivity index (χ2n) is 6.89. The highest BCUT2D eigenvalue weighted by Gasteiger charge is 2.33. The van der Waals surface area contributed by atoms with Crippen LogP contribution in [0, 0.1) is 5.41 Å². The summed E-state index contributed by atoms with van der Waals surface area (Å²) in [6, 6.07) is 0. The minimum absolute atomic E-state index is 0.349. The van der Waals surface area contributed by atoms with E-state index in [1.165, 1.54) is 32.1 Å². The Balaban J connectivity index is 2.34. The van der Waals surface area contributed by atoms with Crippen LogP contribution < -0.4 is 10.6 Å². The van der Waals surface area contributed by atoms with E-state index in [9.17, 15) is 0 Å². The van der Waals surface area contributed by atoms with Gasteiger partial charge in [0.25, 0.3) is 0 Å². The molecule has 0 unspecified atom stereocenters. The summed E-state index contributed by atoms with van der Waals surface area (Å²) in [7, 11) is 1.79. The molecule has 5 nitrogen and oxygen atoms in total. The van der Waals surface area contributed by atoms with Crippen LogP contribution in [0.4, 0.5) is 0 Å². The van der Waals surface area contributed by atoms with Gasteiger partial charge in [0.05, 0.1) is 0 Å². The molecule has 0 bridgehead atoms. The van der Waals surface area contributed by atoms with Crippen LogP contribution in [0.1, 0.15) is 65.2 Å². The van der Waals surface area contributed by atoms with Crippen molar-refractivity contribution in [1.29, 1.82) is 0 Å². The highest BCUT2D eigenvalue weighted by Crippen LogP contribution is 2.41. The molecule has 1 fully saturated rings. The Kier molecular flexibility index (Phi) is 11.9. The summed E-state index contributed by atoms with van der Waals surface area (Å²) >= 11 is 0. The number of ether oxygens (including phenoxy) is 2. The van der Waals surface area contributed by atoms with Gasteiger partial charge < -0.3 is 20.1 Å². The zero-order valence-corrected chi connectivity index (χ0v) is 16.2. The van der Waals surface area contributed by atoms with E-state index in [0.717, 1.165) is 64.7 Å². The van der Waals surface area contributed by atoms with Crippen LogP contribution in [-0.4, -0.2) is 52.5 Å². The number of rotatable bonds is 13. The highest BCUT2D eigenvalue weighted by atomic mass is 16.5. The molecule has 0 aromatic rings. The Morgan fingerprint density at radius 1 is 1.04 bits per heavy atom. The van der Waals surface area contributed by atoms with Crippen molar-refractivity contribution < 1.29 is 9.47 Å². The maximum absolute atomic E-state index is 5.60. The van der Waals surface area contributed by atoms with Gasteiger partial charge >= 0.3 is 0 Å². The van der Waals surface area contributed by atoms with Gasteiger partial charge in [-0.25, -0.2) is 0 Å². The van der Waals surface area contributed by atoms with Crippen molar-refractivity contribution in [2.45, 2.75) is 65.2 Å². The predicted octanol–water partition coefficient (Wildman–Crippen LogP) is 3.35. The molecular weight excluding hydrogens is 302 g/mol. The third kappa shape index (κ3) is 8.88. The fourth-order valence-corrected chi connectivity index (χ4v) is 3.25. The number of guanidine groups is 1. The van der Waals surface area contributed by atoms with Gasteiger partial charge in [0.1, 0.15) is 0 Å². The Labute approximate surface area is 149 Å². The molecule has 0 amide bonds. The molecular formula is C19H39N3O2. The smallest absolute Gasteiger partial charge is 0.191 e. The molecule has 24 heavy (non-hydrogen) atoms. The molecule has 142 valence electrons. The first kappa shape index (κ1) is 21.2. The molecule has 0 radical (unpaired) electrons. The minimum atomic E-state index is 0.349. The van der Waals surface area contributed by atoms with Crippen LogP contribution in [0.3, 0.4) is 0 Å². The summed E-state index contributed by atoms with van der Waals surface area (Å²) < 4.78 is 10.9. The zero-order chi connectivity index (χ0) is 17.5. The minimum Gasteiger partial charge on any atom is -0.385 e. The number of hydrogen-bond acceptors (Lipinski definition) is 3. The molecule has 1 saturated carbocycles. The second-order valence-corrected chi connectivity index (χ2v) is 6.89. The lowest BCUT2D eigenvalue weighted by Crippen LogP contribution is -2.39. The Morgan fingerprint density at radius 2 is 1.79 bits per heavy atom. The second kappa shape index (κ2) is 13.5. The average molecular weight is 342 g/mol. The van der Waals surface area contributed by atoms with Gasteiger partial charge in [0, 0.05) is 46.6 Å². The third-order valence-corrected chi connectivity index (χ3v) is 4.82. The summed E-state index contributed by atoms with van der Waals surface area (Å²) in [4.78, 5) is 4.87. The van der Waals surface area contributed by atoms with Gasteiger partial charge in [-0.1, -0.05) is 26.2 Å². The van der Waals surface area contributed by atoms with E-state index in [1.54, 1.807) is 7.11 Å². The lowest BCUT2D eigenvalue weighted by atomic mass is 9.83. The molecule has 2 N–H and O–H groups in total. The first-order valence-electron chi connectivity index (χ1n) is 9.85. The average Bonchev–Trinajstić information content (AvgIpc) is 3.06. The van der Waals surface area contributed by atoms with Crippen molar-refractivity contribution in [2.24, 2.45) is 10.4 Å². The lowest BCUT2D eigenvalue weighted by Gasteiger charge is -2.27. The fourth-order valence-electron chi connectivity index (χ4n) is 3.25. The SMILES string of the molecule is CCCCOCCCNC(=NCC1(CCOC)CCCC1)NCC. The van der Waals surface area contributed by atoms with Gasteiger partial charge in [-0.05, 0) is 44.4 Å². The van der Waals surface area contributed by atoms with Crippen LogP contribution in [0.5, 0.6) is 0 Å². The van der Waals surface area contributed by atoms with Crippen molar-refractivity contribution in [2.75, 3.05) is 46.6 Å². The standard InChI is InChI=1S/C19H39N3O2/c1-4-6-14-24-15-9-13-21-18(20-5-2)22-17-19(12-16-23-3)10-7-8-11-19/h4-17H2,1-3H3,(H2,20,21,22). The highest BCUT2D eigenvalue weighted by molar-refractivity contribution is 5.79. The van der Waals surface area contributed by atoms with Crippen LogP contribution in [0.25, 0.3) is 0 Å². The summed E-state index contributed by atoms with van der Waals surface area (Å²) in [5.74, 6) is 0.940. The first-order chi connectivity index (χ1) is 11.8. The lowest BCUT2D eigenvalue weighted by molar-refractivity contribution is 0.129. The maximum Gasteiger partial charge on any atom is 0.191 e. The van der Waals surface area contributed by atoms with Crippen molar-refractivity contribution in [3.63, 3.8) is 0 Å². The summed E-state index contributed by atoms with van der Waals surface area (Å²) in [6.07, 6.45) is 9.72. The van der Waals surface area contributed by atoms with Gasteiger partial charge in [-0.2, -0.15) is 0 Å². The monoisotopic (exact) mass is 341 g/mol. The number of methoxy groups -OCH3 is 1. The maximum atomic E-state index is 5.60. The molecule has 0 aromatic carbocycles. The van der Waals surface area contributed by atoms with E-state index in [2.05, 4.69) is 24.5 Å². The van der Waals surface area contributed by atoms with Crippen LogP contribution >= 0.6 is 0 Å². The molecule has 0 saturated heterocycles. The largest absolute Gasteiger partial charge is 0.385 e. The zero-order valence-electron chi connectivity index (χ0n) is 16.2. The van der Waals surface area contributed by atoms with Crippen molar-refractivity contribution in [3.05, 3.63) is 0 Å². The number of nitrogens with zero attached hydrogens (tertiary/aromatic N) is 1. The molecule has 5 heteroatoms.